The van der Waals surface area contributed by atoms with Crippen LogP contribution in [0.1, 0.15) is 62.3 Å². The summed E-state index contributed by atoms with van der Waals surface area (Å²) in [5.74, 6) is 1.01. The van der Waals surface area contributed by atoms with Crippen molar-refractivity contribution in [3.05, 3.63) is 53.3 Å². The normalized spacial score (nSPS) is 14.8. The summed E-state index contributed by atoms with van der Waals surface area (Å²) in [6, 6.07) is 11.5. The molecule has 9 nitrogen and oxygen atoms in total. The highest BCUT2D eigenvalue weighted by Gasteiger charge is 2.25. The van der Waals surface area contributed by atoms with E-state index in [1.807, 2.05) is 32.0 Å². The van der Waals surface area contributed by atoms with Gasteiger partial charge in [-0.2, -0.15) is 0 Å². The first-order chi connectivity index (χ1) is 18.2. The van der Waals surface area contributed by atoms with Gasteiger partial charge in [0.05, 0.1) is 12.7 Å². The van der Waals surface area contributed by atoms with Crippen LogP contribution in [0.25, 0.3) is 17.1 Å². The van der Waals surface area contributed by atoms with Gasteiger partial charge in [0.1, 0.15) is 11.5 Å². The number of amides is 1. The Hall–Kier alpha value is -3.43. The Labute approximate surface area is 225 Å². The molecule has 1 aromatic heterocycles. The summed E-state index contributed by atoms with van der Waals surface area (Å²) in [6.07, 6.45) is 0. The molecule has 1 fully saturated rings. The van der Waals surface area contributed by atoms with Crippen molar-refractivity contribution < 1.29 is 14.6 Å². The molecule has 0 spiro atoms. The smallest absolute Gasteiger partial charge is 0.289 e. The third-order valence-corrected chi connectivity index (χ3v) is 7.01. The third kappa shape index (κ3) is 6.00. The number of benzene rings is 2. The fraction of sp³-hybridized carbons (Fsp3) is 0.483. The van der Waals surface area contributed by atoms with Gasteiger partial charge in [0.2, 0.25) is 5.82 Å². The Morgan fingerprint density at radius 3 is 2.26 bits per heavy atom. The Kier molecular flexibility index (Phi) is 8.69. The SMILES string of the molecule is CCN1CCN(Cc2ccc(-n3c(C(=O)NC(C)C)nnc3-c3cc(C(C)C)c(OC)cc3O)cc2)CC1. The quantitative estimate of drug-likeness (QED) is 0.440. The topological polar surface area (TPSA) is 95.8 Å². The second-order valence-corrected chi connectivity index (χ2v) is 10.5. The molecule has 4 rings (SSSR count). The summed E-state index contributed by atoms with van der Waals surface area (Å²) in [5.41, 5.74) is 3.38. The summed E-state index contributed by atoms with van der Waals surface area (Å²) >= 11 is 0. The molecule has 0 bridgehead atoms. The molecule has 0 unspecified atom stereocenters. The average molecular weight is 521 g/mol. The molecule has 38 heavy (non-hydrogen) atoms. The number of nitrogens with zero attached hydrogens (tertiary/aromatic N) is 5. The Balaban J connectivity index is 1.72. The molecule has 0 saturated carbocycles. The molecule has 204 valence electrons. The van der Waals surface area contributed by atoms with Gasteiger partial charge < -0.3 is 20.1 Å². The highest BCUT2D eigenvalue weighted by atomic mass is 16.5. The molecular formula is C29H40N6O3. The molecule has 9 heteroatoms. The van der Waals surface area contributed by atoms with E-state index in [0.717, 1.165) is 50.5 Å². The van der Waals surface area contributed by atoms with Crippen LogP contribution in [0.5, 0.6) is 11.5 Å². The fourth-order valence-electron chi connectivity index (χ4n) is 4.84. The molecule has 1 aliphatic heterocycles. The lowest BCUT2D eigenvalue weighted by atomic mass is 9.98. The van der Waals surface area contributed by atoms with Gasteiger partial charge in [-0.1, -0.05) is 32.9 Å². The van der Waals surface area contributed by atoms with Crippen molar-refractivity contribution in [1.29, 1.82) is 0 Å². The molecule has 1 saturated heterocycles. The highest BCUT2D eigenvalue weighted by Crippen LogP contribution is 2.38. The number of methoxy groups -OCH3 is 1. The standard InChI is InChI=1S/C29H40N6O3/c1-7-33-12-14-34(15-13-33)18-21-8-10-22(11-9-21)35-27(31-32-28(35)29(37)30-20(4)5)24-16-23(19(2)3)26(38-6)17-25(24)36/h8-11,16-17,19-20,36H,7,12-15,18H2,1-6H3,(H,30,37). The average Bonchev–Trinajstić information content (AvgIpc) is 3.34. The number of likely N-dealkylation sites (N-methyl/N-ethyl adjacent to an activating group) is 1. The van der Waals surface area contributed by atoms with Crippen LogP contribution >= 0.6 is 0 Å². The lowest BCUT2D eigenvalue weighted by molar-refractivity contribution is 0.0930. The van der Waals surface area contributed by atoms with Gasteiger partial charge in [0.15, 0.2) is 5.82 Å². The number of phenols is 1. The molecule has 0 radical (unpaired) electrons. The number of carbonyl (C=O) groups is 1. The highest BCUT2D eigenvalue weighted by molar-refractivity contribution is 5.92. The number of ether oxygens (including phenoxy) is 1. The number of rotatable bonds is 9. The maximum Gasteiger partial charge on any atom is 0.289 e. The molecule has 2 aromatic carbocycles. The zero-order valence-corrected chi connectivity index (χ0v) is 23.4. The van der Waals surface area contributed by atoms with Crippen LogP contribution in [-0.2, 0) is 6.54 Å². The predicted molar refractivity (Wildman–Crippen MR) is 149 cm³/mol. The summed E-state index contributed by atoms with van der Waals surface area (Å²) in [4.78, 5) is 18.0. The van der Waals surface area contributed by atoms with Gasteiger partial charge in [0.25, 0.3) is 5.91 Å². The lowest BCUT2D eigenvalue weighted by Crippen LogP contribution is -2.45. The van der Waals surface area contributed by atoms with Gasteiger partial charge >= 0.3 is 0 Å². The van der Waals surface area contributed by atoms with Crippen molar-refractivity contribution in [2.24, 2.45) is 0 Å². The Bertz CT molecular complexity index is 1240. The number of piperazine rings is 1. The van der Waals surface area contributed by atoms with Crippen molar-refractivity contribution in [1.82, 2.24) is 29.9 Å². The van der Waals surface area contributed by atoms with Crippen molar-refractivity contribution in [2.75, 3.05) is 39.8 Å². The number of hydrogen-bond acceptors (Lipinski definition) is 7. The molecule has 0 aliphatic carbocycles. The van der Waals surface area contributed by atoms with Crippen LogP contribution < -0.4 is 10.1 Å². The number of phenolic OH excluding ortho intramolecular Hbond substituents is 1. The number of carbonyl (C=O) groups excluding carboxylic acids is 1. The van der Waals surface area contributed by atoms with E-state index in [0.29, 0.717) is 17.1 Å². The van der Waals surface area contributed by atoms with E-state index in [-0.39, 0.29) is 29.4 Å². The minimum atomic E-state index is -0.325. The summed E-state index contributed by atoms with van der Waals surface area (Å²) in [6.45, 7) is 16.4. The predicted octanol–water partition coefficient (Wildman–Crippen LogP) is 4.05. The minimum Gasteiger partial charge on any atom is -0.507 e. The van der Waals surface area contributed by atoms with Gasteiger partial charge in [-0.15, -0.1) is 10.2 Å². The first kappa shape index (κ1) is 27.6. The van der Waals surface area contributed by atoms with E-state index in [1.54, 1.807) is 17.7 Å². The van der Waals surface area contributed by atoms with Crippen molar-refractivity contribution in [3.63, 3.8) is 0 Å². The third-order valence-electron chi connectivity index (χ3n) is 7.01. The lowest BCUT2D eigenvalue weighted by Gasteiger charge is -2.34. The second kappa shape index (κ2) is 12.0. The molecular weight excluding hydrogens is 480 g/mol. The van der Waals surface area contributed by atoms with Crippen molar-refractivity contribution >= 4 is 5.91 Å². The fourth-order valence-corrected chi connectivity index (χ4v) is 4.84. The monoisotopic (exact) mass is 520 g/mol. The van der Waals surface area contributed by atoms with Gasteiger partial charge in [-0.05, 0) is 55.6 Å². The van der Waals surface area contributed by atoms with E-state index in [4.69, 9.17) is 4.74 Å². The van der Waals surface area contributed by atoms with E-state index in [1.165, 1.54) is 5.56 Å². The van der Waals surface area contributed by atoms with Crippen molar-refractivity contribution in [3.8, 4) is 28.6 Å². The van der Waals surface area contributed by atoms with E-state index >= 15 is 0 Å². The molecule has 2 heterocycles. The first-order valence-electron chi connectivity index (χ1n) is 13.4. The summed E-state index contributed by atoms with van der Waals surface area (Å²) in [5, 5.41) is 22.5. The van der Waals surface area contributed by atoms with Crippen LogP contribution in [0.2, 0.25) is 0 Å². The van der Waals surface area contributed by atoms with Crippen LogP contribution in [0, 0.1) is 0 Å². The van der Waals surface area contributed by atoms with E-state index < -0.39 is 0 Å². The molecule has 1 amide bonds. The van der Waals surface area contributed by atoms with Gasteiger partial charge in [-0.3, -0.25) is 14.3 Å². The summed E-state index contributed by atoms with van der Waals surface area (Å²) < 4.78 is 7.21. The first-order valence-corrected chi connectivity index (χ1v) is 13.4. The van der Waals surface area contributed by atoms with Crippen molar-refractivity contribution in [2.45, 2.75) is 53.1 Å². The maximum absolute atomic E-state index is 13.1. The number of hydrogen-bond donors (Lipinski definition) is 2. The minimum absolute atomic E-state index is 0.0126. The molecule has 0 atom stereocenters. The second-order valence-electron chi connectivity index (χ2n) is 10.5. The summed E-state index contributed by atoms with van der Waals surface area (Å²) in [7, 11) is 1.59. The number of aromatic hydroxyl groups is 1. The Morgan fingerprint density at radius 1 is 1.03 bits per heavy atom. The number of nitrogens with one attached hydrogen (secondary N) is 1. The maximum atomic E-state index is 13.1. The number of aromatic nitrogens is 3. The van der Waals surface area contributed by atoms with Crippen LogP contribution in [0.15, 0.2) is 36.4 Å². The van der Waals surface area contributed by atoms with E-state index in [9.17, 15) is 9.90 Å². The van der Waals surface area contributed by atoms with Gasteiger partial charge in [0, 0.05) is 50.5 Å². The zero-order chi connectivity index (χ0) is 27.4. The Morgan fingerprint density at radius 2 is 1.68 bits per heavy atom. The molecule has 2 N–H and O–H groups in total. The van der Waals surface area contributed by atoms with Crippen LogP contribution in [0.3, 0.4) is 0 Å². The largest absolute Gasteiger partial charge is 0.507 e. The van der Waals surface area contributed by atoms with Crippen LogP contribution in [0.4, 0.5) is 0 Å². The zero-order valence-electron chi connectivity index (χ0n) is 23.4. The van der Waals surface area contributed by atoms with Gasteiger partial charge in [-0.25, -0.2) is 0 Å². The van der Waals surface area contributed by atoms with E-state index in [2.05, 4.69) is 58.2 Å². The van der Waals surface area contributed by atoms with Crippen LogP contribution in [-0.4, -0.2) is 81.5 Å². The molecule has 3 aromatic rings. The molecule has 1 aliphatic rings.